The van der Waals surface area contributed by atoms with E-state index >= 15 is 0 Å². The molecule has 0 radical (unpaired) electrons. The Morgan fingerprint density at radius 2 is 1.64 bits per heavy atom. The number of morpholine rings is 1. The lowest BCUT2D eigenvalue weighted by Crippen LogP contribution is -2.41. The summed E-state index contributed by atoms with van der Waals surface area (Å²) >= 11 is 0. The van der Waals surface area contributed by atoms with Crippen LogP contribution in [-0.4, -0.2) is 54.7 Å². The SMILES string of the molecule is COc1ccc(C(CNc2c([N+](=O)[O-])cc(C(F)(F)F)cc2[N+](=O)[O-])N2CCOCC2)cc1. The largest absolute Gasteiger partial charge is 0.497 e. The van der Waals surface area contributed by atoms with Crippen LogP contribution in [0.25, 0.3) is 0 Å². The van der Waals surface area contributed by atoms with E-state index in [2.05, 4.69) is 5.32 Å². The zero-order valence-corrected chi connectivity index (χ0v) is 17.5. The van der Waals surface area contributed by atoms with E-state index in [-0.39, 0.29) is 12.6 Å². The van der Waals surface area contributed by atoms with E-state index < -0.39 is 38.6 Å². The van der Waals surface area contributed by atoms with Crippen LogP contribution in [0.3, 0.4) is 0 Å². The molecule has 1 heterocycles. The quantitative estimate of drug-likeness (QED) is 0.454. The number of rotatable bonds is 8. The lowest BCUT2D eigenvalue weighted by molar-refractivity contribution is -0.392. The number of hydrogen-bond acceptors (Lipinski definition) is 8. The van der Waals surface area contributed by atoms with Crippen LogP contribution < -0.4 is 10.1 Å². The molecule has 0 aliphatic carbocycles. The molecular weight excluding hydrogens is 449 g/mol. The van der Waals surface area contributed by atoms with Crippen molar-refractivity contribution in [1.82, 2.24) is 4.90 Å². The molecule has 178 valence electrons. The Morgan fingerprint density at radius 1 is 1.09 bits per heavy atom. The molecule has 0 bridgehead atoms. The second-order valence-electron chi connectivity index (χ2n) is 7.22. The molecule has 0 amide bonds. The minimum Gasteiger partial charge on any atom is -0.497 e. The van der Waals surface area contributed by atoms with Crippen LogP contribution in [0.2, 0.25) is 0 Å². The molecule has 2 aromatic carbocycles. The zero-order chi connectivity index (χ0) is 24.2. The van der Waals surface area contributed by atoms with Crippen molar-refractivity contribution in [2.45, 2.75) is 12.2 Å². The highest BCUT2D eigenvalue weighted by Gasteiger charge is 2.38. The first-order chi connectivity index (χ1) is 15.6. The van der Waals surface area contributed by atoms with Crippen molar-refractivity contribution in [2.24, 2.45) is 0 Å². The van der Waals surface area contributed by atoms with Crippen molar-refractivity contribution >= 4 is 17.1 Å². The van der Waals surface area contributed by atoms with Gasteiger partial charge in [0.25, 0.3) is 11.4 Å². The summed E-state index contributed by atoms with van der Waals surface area (Å²) in [5.74, 6) is 0.612. The number of halogens is 3. The van der Waals surface area contributed by atoms with Crippen LogP contribution in [0.5, 0.6) is 5.75 Å². The average molecular weight is 470 g/mol. The molecule has 0 aromatic heterocycles. The van der Waals surface area contributed by atoms with Gasteiger partial charge in [-0.2, -0.15) is 13.2 Å². The maximum Gasteiger partial charge on any atom is 0.416 e. The normalized spacial score (nSPS) is 15.6. The van der Waals surface area contributed by atoms with Gasteiger partial charge in [-0.15, -0.1) is 0 Å². The van der Waals surface area contributed by atoms with Crippen LogP contribution >= 0.6 is 0 Å². The summed E-state index contributed by atoms with van der Waals surface area (Å²) in [7, 11) is 1.51. The number of nitrogens with one attached hydrogen (secondary N) is 1. The fraction of sp³-hybridized carbons (Fsp3) is 0.400. The Hall–Kier alpha value is -3.45. The summed E-state index contributed by atoms with van der Waals surface area (Å²) in [6.07, 6.45) is -4.98. The molecule has 1 fully saturated rings. The highest BCUT2D eigenvalue weighted by atomic mass is 19.4. The van der Waals surface area contributed by atoms with Crippen molar-refractivity contribution in [3.8, 4) is 5.75 Å². The number of benzene rings is 2. The van der Waals surface area contributed by atoms with Gasteiger partial charge >= 0.3 is 6.18 Å². The summed E-state index contributed by atoms with van der Waals surface area (Å²) in [6.45, 7) is 1.95. The van der Waals surface area contributed by atoms with Gasteiger partial charge in [-0.25, -0.2) is 0 Å². The maximum atomic E-state index is 13.2. The van der Waals surface area contributed by atoms with Gasteiger partial charge in [-0.1, -0.05) is 12.1 Å². The predicted octanol–water partition coefficient (Wildman–Crippen LogP) is 4.02. The van der Waals surface area contributed by atoms with Gasteiger partial charge in [0.05, 0.1) is 41.8 Å². The monoisotopic (exact) mass is 470 g/mol. The molecule has 0 saturated carbocycles. The number of nitro groups is 2. The fourth-order valence-corrected chi connectivity index (χ4v) is 3.62. The maximum absolute atomic E-state index is 13.2. The number of nitro benzene ring substituents is 2. The van der Waals surface area contributed by atoms with Crippen molar-refractivity contribution in [2.75, 3.05) is 45.3 Å². The minimum absolute atomic E-state index is 0.0284. The van der Waals surface area contributed by atoms with Gasteiger partial charge < -0.3 is 14.8 Å². The number of anilines is 1. The third kappa shape index (κ3) is 5.68. The van der Waals surface area contributed by atoms with Gasteiger partial charge in [0, 0.05) is 31.8 Å². The molecule has 13 heteroatoms. The lowest BCUT2D eigenvalue weighted by Gasteiger charge is -2.35. The molecule has 3 rings (SSSR count). The van der Waals surface area contributed by atoms with Gasteiger partial charge in [-0.3, -0.25) is 25.1 Å². The molecular formula is C20H21F3N4O6. The standard InChI is InChI=1S/C20H21F3N4O6/c1-32-15-4-2-13(3-5-15)18(25-6-8-33-9-7-25)12-24-19-16(26(28)29)10-14(20(21,22)23)11-17(19)27(30)31/h2-5,10-11,18,24H,6-9,12H2,1H3. The molecule has 1 N–H and O–H groups in total. The molecule has 1 saturated heterocycles. The Bertz CT molecular complexity index is 975. The van der Waals surface area contributed by atoms with Crippen molar-refractivity contribution in [3.63, 3.8) is 0 Å². The third-order valence-electron chi connectivity index (χ3n) is 5.28. The molecule has 1 atom stereocenters. The summed E-state index contributed by atoms with van der Waals surface area (Å²) in [4.78, 5) is 22.9. The van der Waals surface area contributed by atoms with E-state index in [4.69, 9.17) is 9.47 Å². The summed E-state index contributed by atoms with van der Waals surface area (Å²) < 4.78 is 50.0. The molecule has 0 spiro atoms. The van der Waals surface area contributed by atoms with Crippen LogP contribution in [0.1, 0.15) is 17.2 Å². The van der Waals surface area contributed by atoms with Crippen LogP contribution in [-0.2, 0) is 10.9 Å². The van der Waals surface area contributed by atoms with Gasteiger partial charge in [0.1, 0.15) is 5.75 Å². The van der Waals surface area contributed by atoms with Crippen LogP contribution in [0.15, 0.2) is 36.4 Å². The second kappa shape index (κ2) is 10.0. The molecule has 10 nitrogen and oxygen atoms in total. The molecule has 1 aliphatic heterocycles. The average Bonchev–Trinajstić information content (AvgIpc) is 2.79. The van der Waals surface area contributed by atoms with Crippen molar-refractivity contribution < 1.29 is 32.5 Å². The Kier molecular flexibility index (Phi) is 7.33. The number of hydrogen-bond donors (Lipinski definition) is 1. The number of ether oxygens (including phenoxy) is 2. The first kappa shape index (κ1) is 24.2. The molecule has 1 aliphatic rings. The number of methoxy groups -OCH3 is 1. The van der Waals surface area contributed by atoms with Gasteiger partial charge in [-0.05, 0) is 17.7 Å². The van der Waals surface area contributed by atoms with E-state index in [0.717, 1.165) is 5.56 Å². The van der Waals surface area contributed by atoms with E-state index in [1.807, 2.05) is 4.90 Å². The first-order valence-corrected chi connectivity index (χ1v) is 9.85. The number of alkyl halides is 3. The highest BCUT2D eigenvalue weighted by Crippen LogP contribution is 2.41. The zero-order valence-electron chi connectivity index (χ0n) is 17.5. The lowest BCUT2D eigenvalue weighted by atomic mass is 10.0. The summed E-state index contributed by atoms with van der Waals surface area (Å²) in [5.41, 5.74) is -3.29. The van der Waals surface area contributed by atoms with E-state index in [0.29, 0.717) is 44.2 Å². The van der Waals surface area contributed by atoms with Crippen molar-refractivity contribution in [1.29, 1.82) is 0 Å². The first-order valence-electron chi connectivity index (χ1n) is 9.85. The third-order valence-corrected chi connectivity index (χ3v) is 5.28. The van der Waals surface area contributed by atoms with Crippen LogP contribution in [0.4, 0.5) is 30.2 Å². The Labute approximate surface area is 186 Å². The molecule has 2 aromatic rings. The van der Waals surface area contributed by atoms with Gasteiger partial charge in [0.2, 0.25) is 0 Å². The molecule has 33 heavy (non-hydrogen) atoms. The van der Waals surface area contributed by atoms with Crippen LogP contribution in [0, 0.1) is 20.2 Å². The van der Waals surface area contributed by atoms with Crippen molar-refractivity contribution in [3.05, 3.63) is 67.8 Å². The Balaban J connectivity index is 1.99. The van der Waals surface area contributed by atoms with Gasteiger partial charge in [0.15, 0.2) is 5.69 Å². The van der Waals surface area contributed by atoms with E-state index in [1.165, 1.54) is 7.11 Å². The topological polar surface area (TPSA) is 120 Å². The fourth-order valence-electron chi connectivity index (χ4n) is 3.62. The summed E-state index contributed by atoms with van der Waals surface area (Å²) in [6, 6.07) is 7.24. The van der Waals surface area contributed by atoms with E-state index in [1.54, 1.807) is 24.3 Å². The minimum atomic E-state index is -4.98. The van der Waals surface area contributed by atoms with E-state index in [9.17, 15) is 33.4 Å². The second-order valence-corrected chi connectivity index (χ2v) is 7.22. The Morgan fingerprint density at radius 3 is 2.09 bits per heavy atom. The highest BCUT2D eigenvalue weighted by molar-refractivity contribution is 5.75. The summed E-state index contributed by atoms with van der Waals surface area (Å²) in [5, 5.41) is 25.7. The predicted molar refractivity (Wildman–Crippen MR) is 111 cm³/mol. The number of nitrogens with zero attached hydrogens (tertiary/aromatic N) is 3. The smallest absolute Gasteiger partial charge is 0.416 e. The molecule has 1 unspecified atom stereocenters.